The smallest absolute Gasteiger partial charge is 0.241 e. The number of hydrogen-bond donors (Lipinski definition) is 0. The van der Waals surface area contributed by atoms with Crippen LogP contribution in [-0.2, 0) is 14.3 Å². The second-order valence-electron chi connectivity index (χ2n) is 8.88. The highest BCUT2D eigenvalue weighted by Crippen LogP contribution is 2.57. The quantitative estimate of drug-likeness (QED) is 0.372. The average molecular weight is 516 g/mol. The van der Waals surface area contributed by atoms with Crippen molar-refractivity contribution in [3.63, 3.8) is 0 Å². The van der Waals surface area contributed by atoms with Crippen LogP contribution < -0.4 is 4.90 Å². The molecule has 2 amide bonds. The Morgan fingerprint density at radius 2 is 1.38 bits per heavy atom. The van der Waals surface area contributed by atoms with E-state index in [1.807, 2.05) is 31.2 Å². The maximum absolute atomic E-state index is 13.8. The van der Waals surface area contributed by atoms with E-state index in [9.17, 15) is 19.2 Å². The molecule has 2 fully saturated rings. The van der Waals surface area contributed by atoms with Crippen LogP contribution in [0.3, 0.4) is 0 Å². The normalized spacial score (nSPS) is 24.8. The number of benzene rings is 3. The molecule has 34 heavy (non-hydrogen) atoms. The molecule has 0 saturated carbocycles. The number of amides is 2. The summed E-state index contributed by atoms with van der Waals surface area (Å²) in [6, 6.07) is 20.6. The average Bonchev–Trinajstić information content (AvgIpc) is 3.40. The molecule has 2 heterocycles. The molecule has 7 heteroatoms. The Labute approximate surface area is 203 Å². The summed E-state index contributed by atoms with van der Waals surface area (Å²) in [5.41, 5.74) is 0.435. The summed E-state index contributed by atoms with van der Waals surface area (Å²) in [6.07, 6.45) is -0.912. The van der Waals surface area contributed by atoms with E-state index in [0.717, 1.165) is 14.9 Å². The summed E-state index contributed by atoms with van der Waals surface area (Å²) >= 11 is 3.36. The van der Waals surface area contributed by atoms with E-state index >= 15 is 0 Å². The van der Waals surface area contributed by atoms with E-state index in [4.69, 9.17) is 4.74 Å². The Hall–Kier alpha value is -3.42. The number of halogens is 1. The zero-order valence-corrected chi connectivity index (χ0v) is 19.6. The number of aryl methyl sites for hydroxylation is 1. The molecule has 1 aliphatic carbocycles. The number of carbonyl (C=O) groups excluding carboxylic acids is 4. The van der Waals surface area contributed by atoms with Crippen molar-refractivity contribution < 1.29 is 23.9 Å². The third-order valence-electron chi connectivity index (χ3n) is 7.01. The van der Waals surface area contributed by atoms with Gasteiger partial charge in [-0.05, 0) is 36.8 Å². The minimum Gasteiger partial charge on any atom is -0.349 e. The summed E-state index contributed by atoms with van der Waals surface area (Å²) in [5.74, 6) is -4.44. The molecule has 2 saturated heterocycles. The first-order valence-corrected chi connectivity index (χ1v) is 11.7. The van der Waals surface area contributed by atoms with Gasteiger partial charge in [0.05, 0.1) is 23.6 Å². The minimum absolute atomic E-state index is 0.221. The molecule has 6 rings (SSSR count). The fourth-order valence-electron chi connectivity index (χ4n) is 5.42. The molecule has 3 aromatic carbocycles. The number of fused-ring (bicyclic) bond motifs is 3. The van der Waals surface area contributed by atoms with E-state index in [1.54, 1.807) is 48.5 Å². The molecule has 0 unspecified atom stereocenters. The van der Waals surface area contributed by atoms with Crippen molar-refractivity contribution in [1.29, 1.82) is 0 Å². The standard InChI is InChI=1S/C27H18BrNO5/c1-14-6-8-15(9-7-14)22-20-21(26(33)29(25(20)32)17-12-10-16(28)11-13-17)27(34-22)23(30)18-4-2-3-5-19(18)24(27)31/h2-13,20-22H,1H3/t20-,21-,22+/m0/s1. The zero-order chi connectivity index (χ0) is 23.8. The molecule has 2 aliphatic heterocycles. The molecule has 3 aromatic rings. The molecule has 168 valence electrons. The van der Waals surface area contributed by atoms with Gasteiger partial charge in [-0.3, -0.25) is 19.2 Å². The van der Waals surface area contributed by atoms with Crippen molar-refractivity contribution in [1.82, 2.24) is 0 Å². The topological polar surface area (TPSA) is 80.8 Å². The lowest BCUT2D eigenvalue weighted by Gasteiger charge is -2.27. The Morgan fingerprint density at radius 1 is 0.794 bits per heavy atom. The molecular formula is C27H18BrNO5. The Bertz CT molecular complexity index is 1360. The number of anilines is 1. The molecule has 3 aliphatic rings. The maximum atomic E-state index is 13.8. The van der Waals surface area contributed by atoms with Gasteiger partial charge in [-0.2, -0.15) is 0 Å². The summed E-state index contributed by atoms with van der Waals surface area (Å²) in [7, 11) is 0. The second kappa shape index (κ2) is 7.29. The van der Waals surface area contributed by atoms with Gasteiger partial charge in [0.1, 0.15) is 0 Å². The highest BCUT2D eigenvalue weighted by Gasteiger charge is 2.74. The van der Waals surface area contributed by atoms with Gasteiger partial charge in [0.25, 0.3) is 0 Å². The second-order valence-corrected chi connectivity index (χ2v) is 9.80. The van der Waals surface area contributed by atoms with Gasteiger partial charge in [0, 0.05) is 15.6 Å². The predicted molar refractivity (Wildman–Crippen MR) is 126 cm³/mol. The van der Waals surface area contributed by atoms with Crippen molar-refractivity contribution in [3.8, 4) is 0 Å². The summed E-state index contributed by atoms with van der Waals surface area (Å²) in [4.78, 5) is 56.1. The lowest BCUT2D eigenvalue weighted by molar-refractivity contribution is -0.127. The third kappa shape index (κ3) is 2.65. The van der Waals surface area contributed by atoms with Gasteiger partial charge in [-0.15, -0.1) is 0 Å². The molecule has 3 atom stereocenters. The fourth-order valence-corrected chi connectivity index (χ4v) is 5.68. The molecule has 0 N–H and O–H groups in total. The Balaban J connectivity index is 1.54. The van der Waals surface area contributed by atoms with E-state index in [1.165, 1.54) is 0 Å². The van der Waals surface area contributed by atoms with Crippen LogP contribution >= 0.6 is 15.9 Å². The van der Waals surface area contributed by atoms with E-state index < -0.39 is 46.9 Å². The Kier molecular flexibility index (Phi) is 4.53. The number of nitrogens with zero attached hydrogens (tertiary/aromatic N) is 1. The monoisotopic (exact) mass is 515 g/mol. The lowest BCUT2D eigenvalue weighted by Crippen LogP contribution is -2.51. The van der Waals surface area contributed by atoms with Crippen LogP contribution in [0.2, 0.25) is 0 Å². The van der Waals surface area contributed by atoms with E-state index in [-0.39, 0.29) is 11.1 Å². The van der Waals surface area contributed by atoms with Crippen LogP contribution in [0, 0.1) is 18.8 Å². The Morgan fingerprint density at radius 3 is 1.97 bits per heavy atom. The van der Waals surface area contributed by atoms with Crippen molar-refractivity contribution >= 4 is 45.0 Å². The highest BCUT2D eigenvalue weighted by molar-refractivity contribution is 9.10. The van der Waals surface area contributed by atoms with Crippen LogP contribution in [0.1, 0.15) is 37.9 Å². The van der Waals surface area contributed by atoms with Crippen LogP contribution in [-0.4, -0.2) is 29.0 Å². The molecule has 0 bridgehead atoms. The SMILES string of the molecule is Cc1ccc([C@H]2OC3(C(=O)c4ccccc4C3=O)[C@@H]3C(=O)N(c4ccc(Br)cc4)C(=O)[C@H]23)cc1. The predicted octanol–water partition coefficient (Wildman–Crippen LogP) is 4.45. The summed E-state index contributed by atoms with van der Waals surface area (Å²) in [6.45, 7) is 1.93. The van der Waals surface area contributed by atoms with Gasteiger partial charge in [0.2, 0.25) is 29.0 Å². The van der Waals surface area contributed by atoms with Gasteiger partial charge in [-0.1, -0.05) is 70.0 Å². The van der Waals surface area contributed by atoms with Crippen molar-refractivity contribution in [2.75, 3.05) is 4.90 Å². The summed E-state index contributed by atoms with van der Waals surface area (Å²) < 4.78 is 7.07. The molecular weight excluding hydrogens is 498 g/mol. The molecule has 0 aromatic heterocycles. The first-order valence-electron chi connectivity index (χ1n) is 10.9. The van der Waals surface area contributed by atoms with E-state index in [2.05, 4.69) is 15.9 Å². The lowest BCUT2D eigenvalue weighted by atomic mass is 9.77. The van der Waals surface area contributed by atoms with Gasteiger partial charge in [-0.25, -0.2) is 4.90 Å². The molecule has 6 nitrogen and oxygen atoms in total. The molecule has 0 radical (unpaired) electrons. The highest BCUT2D eigenvalue weighted by atomic mass is 79.9. The third-order valence-corrected chi connectivity index (χ3v) is 7.54. The number of ether oxygens (including phenoxy) is 1. The number of imide groups is 1. The van der Waals surface area contributed by atoms with Gasteiger partial charge >= 0.3 is 0 Å². The maximum Gasteiger partial charge on any atom is 0.241 e. The van der Waals surface area contributed by atoms with E-state index in [0.29, 0.717) is 11.3 Å². The van der Waals surface area contributed by atoms with Crippen molar-refractivity contribution in [2.24, 2.45) is 11.8 Å². The number of ketones is 2. The van der Waals surface area contributed by atoms with Crippen molar-refractivity contribution in [3.05, 3.63) is 99.5 Å². The first-order chi connectivity index (χ1) is 16.3. The van der Waals surface area contributed by atoms with Crippen LogP contribution in [0.5, 0.6) is 0 Å². The molecule has 1 spiro atoms. The van der Waals surface area contributed by atoms with Gasteiger partial charge in [0.15, 0.2) is 0 Å². The van der Waals surface area contributed by atoms with Crippen LogP contribution in [0.4, 0.5) is 5.69 Å². The number of Topliss-reactive ketones (excluding diaryl/α,β-unsaturated/α-hetero) is 2. The fraction of sp³-hybridized carbons (Fsp3) is 0.185. The van der Waals surface area contributed by atoms with Gasteiger partial charge < -0.3 is 4.74 Å². The zero-order valence-electron chi connectivity index (χ0n) is 18.0. The number of rotatable bonds is 2. The number of carbonyl (C=O) groups is 4. The largest absolute Gasteiger partial charge is 0.349 e. The number of hydrogen-bond acceptors (Lipinski definition) is 5. The first kappa shape index (κ1) is 21.1. The summed E-state index contributed by atoms with van der Waals surface area (Å²) in [5, 5.41) is 0. The van der Waals surface area contributed by atoms with Crippen LogP contribution in [0.25, 0.3) is 0 Å². The van der Waals surface area contributed by atoms with Crippen LogP contribution in [0.15, 0.2) is 77.3 Å². The minimum atomic E-state index is -2.05. The van der Waals surface area contributed by atoms with Crippen molar-refractivity contribution in [2.45, 2.75) is 18.6 Å².